The van der Waals surface area contributed by atoms with Crippen LogP contribution in [0.15, 0.2) is 12.2 Å². The van der Waals surface area contributed by atoms with Crippen LogP contribution >= 0.6 is 0 Å². The molecular weight excluding hydrogens is 240 g/mol. The maximum Gasteiger partial charge on any atom is 0.333 e. The molecule has 0 radical (unpaired) electrons. The van der Waals surface area contributed by atoms with Gasteiger partial charge in [0.1, 0.15) is 5.60 Å². The van der Waals surface area contributed by atoms with Gasteiger partial charge in [-0.25, -0.2) is 4.79 Å². The standard InChI is InChI=1S/C16H26O3/c1-12(2)15(17)19-16(3)10-8-14(9-11-16)18-13-6-4-5-7-13/h13-14H,1,4-11H2,2-3H3. The van der Waals surface area contributed by atoms with E-state index in [1.807, 2.05) is 6.92 Å². The summed E-state index contributed by atoms with van der Waals surface area (Å²) in [7, 11) is 0. The van der Waals surface area contributed by atoms with Crippen LogP contribution in [0.25, 0.3) is 0 Å². The van der Waals surface area contributed by atoms with Gasteiger partial charge in [0.15, 0.2) is 0 Å². The third-order valence-electron chi connectivity index (χ3n) is 4.36. The molecule has 0 unspecified atom stereocenters. The Morgan fingerprint density at radius 1 is 1.11 bits per heavy atom. The number of carbonyl (C=O) groups excluding carboxylic acids is 1. The number of carbonyl (C=O) groups is 1. The summed E-state index contributed by atoms with van der Waals surface area (Å²) in [5, 5.41) is 0. The first-order valence-corrected chi connectivity index (χ1v) is 7.53. The fraction of sp³-hybridized carbons (Fsp3) is 0.812. The molecule has 0 heterocycles. The molecule has 0 aromatic heterocycles. The summed E-state index contributed by atoms with van der Waals surface area (Å²) in [5.41, 5.74) is 0.150. The highest BCUT2D eigenvalue weighted by Crippen LogP contribution is 2.35. The van der Waals surface area contributed by atoms with Crippen molar-refractivity contribution in [1.82, 2.24) is 0 Å². The lowest BCUT2D eigenvalue weighted by molar-refractivity contribution is -0.160. The van der Waals surface area contributed by atoms with Gasteiger partial charge < -0.3 is 9.47 Å². The lowest BCUT2D eigenvalue weighted by Gasteiger charge is -2.37. The van der Waals surface area contributed by atoms with E-state index in [1.165, 1.54) is 25.7 Å². The van der Waals surface area contributed by atoms with E-state index in [9.17, 15) is 4.79 Å². The Kier molecular flexibility index (Phi) is 4.67. The van der Waals surface area contributed by atoms with E-state index in [1.54, 1.807) is 6.92 Å². The molecule has 0 spiro atoms. The minimum atomic E-state index is -0.328. The molecule has 0 aromatic rings. The molecule has 0 bridgehead atoms. The van der Waals surface area contributed by atoms with E-state index < -0.39 is 0 Å². The topological polar surface area (TPSA) is 35.5 Å². The molecule has 0 amide bonds. The van der Waals surface area contributed by atoms with Gasteiger partial charge in [-0.2, -0.15) is 0 Å². The summed E-state index contributed by atoms with van der Waals surface area (Å²) in [5.74, 6) is -0.266. The van der Waals surface area contributed by atoms with Crippen molar-refractivity contribution in [3.8, 4) is 0 Å². The molecular formula is C16H26O3. The van der Waals surface area contributed by atoms with Gasteiger partial charge in [-0.1, -0.05) is 19.4 Å². The lowest BCUT2D eigenvalue weighted by Crippen LogP contribution is -2.39. The Morgan fingerprint density at radius 2 is 1.63 bits per heavy atom. The SMILES string of the molecule is C=C(C)C(=O)OC1(C)CCC(OC2CCCC2)CC1. The van der Waals surface area contributed by atoms with Gasteiger partial charge in [0.2, 0.25) is 0 Å². The summed E-state index contributed by atoms with van der Waals surface area (Å²) < 4.78 is 11.7. The predicted molar refractivity (Wildman–Crippen MR) is 74.9 cm³/mol. The van der Waals surface area contributed by atoms with E-state index >= 15 is 0 Å². The Morgan fingerprint density at radius 3 is 2.16 bits per heavy atom. The number of rotatable bonds is 4. The minimum Gasteiger partial charge on any atom is -0.456 e. The van der Waals surface area contributed by atoms with Gasteiger partial charge in [0.25, 0.3) is 0 Å². The highest BCUT2D eigenvalue weighted by atomic mass is 16.6. The fourth-order valence-corrected chi connectivity index (χ4v) is 3.05. The molecule has 2 fully saturated rings. The highest BCUT2D eigenvalue weighted by molar-refractivity contribution is 5.87. The third kappa shape index (κ3) is 4.07. The molecule has 0 aromatic carbocycles. The van der Waals surface area contributed by atoms with Gasteiger partial charge in [0, 0.05) is 5.57 Å². The van der Waals surface area contributed by atoms with Crippen molar-refractivity contribution < 1.29 is 14.3 Å². The first-order chi connectivity index (χ1) is 8.98. The van der Waals surface area contributed by atoms with E-state index in [-0.39, 0.29) is 11.6 Å². The van der Waals surface area contributed by atoms with Crippen LogP contribution in [0.5, 0.6) is 0 Å². The molecule has 0 atom stereocenters. The second-order valence-corrected chi connectivity index (χ2v) is 6.36. The Bertz CT molecular complexity index is 334. The third-order valence-corrected chi connectivity index (χ3v) is 4.36. The van der Waals surface area contributed by atoms with Crippen LogP contribution in [-0.2, 0) is 14.3 Å². The predicted octanol–water partition coefficient (Wildman–Crippen LogP) is 3.77. The number of hydrogen-bond donors (Lipinski definition) is 0. The maximum absolute atomic E-state index is 11.6. The molecule has 0 aliphatic heterocycles. The molecule has 2 rings (SSSR count). The molecule has 2 aliphatic rings. The van der Waals surface area contributed by atoms with Crippen molar-refractivity contribution >= 4 is 5.97 Å². The maximum atomic E-state index is 11.6. The van der Waals surface area contributed by atoms with Crippen molar-refractivity contribution in [2.45, 2.75) is 83.0 Å². The van der Waals surface area contributed by atoms with Crippen LogP contribution < -0.4 is 0 Å². The Hall–Kier alpha value is -0.830. The zero-order chi connectivity index (χ0) is 13.9. The van der Waals surface area contributed by atoms with Crippen molar-refractivity contribution in [2.24, 2.45) is 0 Å². The molecule has 19 heavy (non-hydrogen) atoms. The monoisotopic (exact) mass is 266 g/mol. The molecule has 2 aliphatic carbocycles. The highest BCUT2D eigenvalue weighted by Gasteiger charge is 2.35. The van der Waals surface area contributed by atoms with Crippen LogP contribution in [0.4, 0.5) is 0 Å². The second kappa shape index (κ2) is 6.08. The zero-order valence-electron chi connectivity index (χ0n) is 12.2. The largest absolute Gasteiger partial charge is 0.456 e. The molecule has 108 valence electrons. The fourth-order valence-electron chi connectivity index (χ4n) is 3.05. The van der Waals surface area contributed by atoms with E-state index in [2.05, 4.69) is 6.58 Å². The Balaban J connectivity index is 1.77. The van der Waals surface area contributed by atoms with Gasteiger partial charge in [0.05, 0.1) is 12.2 Å². The van der Waals surface area contributed by atoms with Crippen LogP contribution in [0, 0.1) is 0 Å². The molecule has 3 nitrogen and oxygen atoms in total. The van der Waals surface area contributed by atoms with Gasteiger partial charge in [-0.05, 0) is 52.4 Å². The second-order valence-electron chi connectivity index (χ2n) is 6.36. The molecule has 0 saturated heterocycles. The van der Waals surface area contributed by atoms with Crippen molar-refractivity contribution in [1.29, 1.82) is 0 Å². The number of ether oxygens (including phenoxy) is 2. The quantitative estimate of drug-likeness (QED) is 0.574. The van der Waals surface area contributed by atoms with Gasteiger partial charge >= 0.3 is 5.97 Å². The van der Waals surface area contributed by atoms with Crippen LogP contribution in [0.2, 0.25) is 0 Å². The summed E-state index contributed by atoms with van der Waals surface area (Å²) in [6.45, 7) is 7.36. The number of esters is 1. The first-order valence-electron chi connectivity index (χ1n) is 7.53. The van der Waals surface area contributed by atoms with E-state index in [0.717, 1.165) is 25.7 Å². The van der Waals surface area contributed by atoms with Crippen LogP contribution in [0.3, 0.4) is 0 Å². The lowest BCUT2D eigenvalue weighted by atomic mass is 9.84. The first kappa shape index (κ1) is 14.6. The van der Waals surface area contributed by atoms with Crippen molar-refractivity contribution in [3.05, 3.63) is 12.2 Å². The van der Waals surface area contributed by atoms with E-state index in [0.29, 0.717) is 17.8 Å². The van der Waals surface area contributed by atoms with Gasteiger partial charge in [-0.15, -0.1) is 0 Å². The average molecular weight is 266 g/mol. The summed E-state index contributed by atoms with van der Waals surface area (Å²) in [4.78, 5) is 11.6. The smallest absolute Gasteiger partial charge is 0.333 e. The zero-order valence-corrected chi connectivity index (χ0v) is 12.2. The van der Waals surface area contributed by atoms with Crippen molar-refractivity contribution in [3.63, 3.8) is 0 Å². The van der Waals surface area contributed by atoms with Crippen molar-refractivity contribution in [2.75, 3.05) is 0 Å². The minimum absolute atomic E-state index is 0.266. The summed E-state index contributed by atoms with van der Waals surface area (Å²) >= 11 is 0. The van der Waals surface area contributed by atoms with Crippen LogP contribution in [-0.4, -0.2) is 23.8 Å². The van der Waals surface area contributed by atoms with E-state index in [4.69, 9.17) is 9.47 Å². The summed E-state index contributed by atoms with van der Waals surface area (Å²) in [6.07, 6.45) is 9.68. The molecule has 3 heteroatoms. The van der Waals surface area contributed by atoms with Gasteiger partial charge in [-0.3, -0.25) is 0 Å². The average Bonchev–Trinajstić information content (AvgIpc) is 2.85. The Labute approximate surface area is 116 Å². The molecule has 2 saturated carbocycles. The normalized spacial score (nSPS) is 32.2. The molecule has 0 N–H and O–H groups in total. The van der Waals surface area contributed by atoms with Crippen LogP contribution in [0.1, 0.15) is 65.2 Å². The summed E-state index contributed by atoms with van der Waals surface area (Å²) in [6, 6.07) is 0. The number of hydrogen-bond acceptors (Lipinski definition) is 3.